The molecule has 1 unspecified atom stereocenters. The predicted octanol–water partition coefficient (Wildman–Crippen LogP) is 4.50. The lowest BCUT2D eigenvalue weighted by atomic mass is 9.95. The van der Waals surface area contributed by atoms with E-state index >= 15 is 0 Å². The lowest BCUT2D eigenvalue weighted by molar-refractivity contribution is 0.584. The first-order valence-electron chi connectivity index (χ1n) is 7.44. The molecule has 0 fully saturated rings. The highest BCUT2D eigenvalue weighted by Crippen LogP contribution is 2.26. The van der Waals surface area contributed by atoms with Crippen molar-refractivity contribution in [1.29, 1.82) is 0 Å². The third kappa shape index (κ3) is 3.23. The minimum absolute atomic E-state index is 0.329. The zero-order valence-corrected chi connectivity index (χ0v) is 12.1. The standard InChI is InChI=1S/C18H19F2N/c1-12-2-5-15-10-13(4-9-18(15)21-12)3-6-14-11-16(19)7-8-17(14)20/h4,7-12,21H,2-3,5-6H2,1H3. The first-order chi connectivity index (χ1) is 10.1. The van der Waals surface area contributed by atoms with Gasteiger partial charge in [-0.25, -0.2) is 8.78 Å². The molecule has 2 aromatic rings. The van der Waals surface area contributed by atoms with E-state index < -0.39 is 0 Å². The minimum Gasteiger partial charge on any atom is -0.382 e. The van der Waals surface area contributed by atoms with Gasteiger partial charge >= 0.3 is 0 Å². The van der Waals surface area contributed by atoms with Crippen LogP contribution in [0.15, 0.2) is 36.4 Å². The molecule has 0 spiro atoms. The second kappa shape index (κ2) is 5.84. The lowest BCUT2D eigenvalue weighted by Gasteiger charge is -2.24. The van der Waals surface area contributed by atoms with E-state index in [4.69, 9.17) is 0 Å². The molecule has 1 heterocycles. The van der Waals surface area contributed by atoms with Crippen LogP contribution >= 0.6 is 0 Å². The fraction of sp³-hybridized carbons (Fsp3) is 0.333. The van der Waals surface area contributed by atoms with Gasteiger partial charge in [0.05, 0.1) is 0 Å². The van der Waals surface area contributed by atoms with Gasteiger partial charge in [0.15, 0.2) is 0 Å². The van der Waals surface area contributed by atoms with Gasteiger partial charge in [0.25, 0.3) is 0 Å². The van der Waals surface area contributed by atoms with Crippen LogP contribution in [-0.4, -0.2) is 6.04 Å². The summed E-state index contributed by atoms with van der Waals surface area (Å²) < 4.78 is 26.8. The van der Waals surface area contributed by atoms with E-state index in [0.717, 1.165) is 25.3 Å². The van der Waals surface area contributed by atoms with Crippen molar-refractivity contribution in [3.05, 3.63) is 64.7 Å². The number of hydrogen-bond acceptors (Lipinski definition) is 1. The molecule has 3 heteroatoms. The first kappa shape index (κ1) is 14.1. The van der Waals surface area contributed by atoms with Crippen molar-refractivity contribution < 1.29 is 8.78 Å². The van der Waals surface area contributed by atoms with Gasteiger partial charge in [0, 0.05) is 11.7 Å². The Labute approximate surface area is 124 Å². The second-order valence-electron chi connectivity index (χ2n) is 5.81. The molecule has 0 amide bonds. The molecular weight excluding hydrogens is 268 g/mol. The van der Waals surface area contributed by atoms with Crippen LogP contribution in [-0.2, 0) is 19.3 Å². The number of aryl methyl sites for hydroxylation is 3. The van der Waals surface area contributed by atoms with Crippen LogP contribution in [0.5, 0.6) is 0 Å². The topological polar surface area (TPSA) is 12.0 Å². The van der Waals surface area contributed by atoms with Gasteiger partial charge in [-0.3, -0.25) is 0 Å². The number of halogens is 2. The van der Waals surface area contributed by atoms with Crippen molar-refractivity contribution in [2.75, 3.05) is 5.32 Å². The van der Waals surface area contributed by atoms with E-state index in [1.165, 1.54) is 28.9 Å². The van der Waals surface area contributed by atoms with Crippen molar-refractivity contribution in [3.63, 3.8) is 0 Å². The molecule has 0 aromatic heterocycles. The number of rotatable bonds is 3. The van der Waals surface area contributed by atoms with E-state index in [2.05, 4.69) is 30.4 Å². The van der Waals surface area contributed by atoms with E-state index in [1.54, 1.807) is 0 Å². The Morgan fingerprint density at radius 2 is 1.95 bits per heavy atom. The molecule has 110 valence electrons. The minimum atomic E-state index is -0.380. The monoisotopic (exact) mass is 287 g/mol. The lowest BCUT2D eigenvalue weighted by Crippen LogP contribution is -2.21. The summed E-state index contributed by atoms with van der Waals surface area (Å²) in [6, 6.07) is 10.5. The highest BCUT2D eigenvalue weighted by atomic mass is 19.1. The van der Waals surface area contributed by atoms with Gasteiger partial charge in [-0.15, -0.1) is 0 Å². The molecule has 0 saturated heterocycles. The largest absolute Gasteiger partial charge is 0.382 e. The summed E-state index contributed by atoms with van der Waals surface area (Å²) in [6.45, 7) is 2.18. The van der Waals surface area contributed by atoms with Crippen molar-refractivity contribution in [3.8, 4) is 0 Å². The third-order valence-corrected chi connectivity index (χ3v) is 4.11. The normalized spacial score (nSPS) is 17.2. The summed E-state index contributed by atoms with van der Waals surface area (Å²) in [6.07, 6.45) is 3.45. The van der Waals surface area contributed by atoms with Crippen LogP contribution < -0.4 is 5.32 Å². The number of hydrogen-bond donors (Lipinski definition) is 1. The van der Waals surface area contributed by atoms with Gasteiger partial charge in [0.2, 0.25) is 0 Å². The van der Waals surface area contributed by atoms with E-state index in [1.807, 2.05) is 0 Å². The summed E-state index contributed by atoms with van der Waals surface area (Å²) >= 11 is 0. The van der Waals surface area contributed by atoms with Gasteiger partial charge < -0.3 is 5.32 Å². The zero-order chi connectivity index (χ0) is 14.8. The smallest absolute Gasteiger partial charge is 0.126 e. The van der Waals surface area contributed by atoms with Gasteiger partial charge in [-0.2, -0.15) is 0 Å². The molecule has 1 atom stereocenters. The van der Waals surface area contributed by atoms with Crippen molar-refractivity contribution in [1.82, 2.24) is 0 Å². The molecule has 3 rings (SSSR count). The predicted molar refractivity (Wildman–Crippen MR) is 81.6 cm³/mol. The summed E-state index contributed by atoms with van der Waals surface area (Å²) in [5, 5.41) is 3.47. The maximum atomic E-state index is 13.6. The molecule has 0 aliphatic carbocycles. The van der Waals surface area contributed by atoms with Crippen LogP contribution in [0.1, 0.15) is 30.0 Å². The molecule has 1 N–H and O–H groups in total. The third-order valence-electron chi connectivity index (χ3n) is 4.11. The molecular formula is C18H19F2N. The van der Waals surface area contributed by atoms with Crippen LogP contribution in [0.4, 0.5) is 14.5 Å². The highest BCUT2D eigenvalue weighted by Gasteiger charge is 2.14. The maximum Gasteiger partial charge on any atom is 0.126 e. The Hall–Kier alpha value is -1.90. The van der Waals surface area contributed by atoms with E-state index in [0.29, 0.717) is 18.0 Å². The van der Waals surface area contributed by atoms with Crippen LogP contribution in [0.2, 0.25) is 0 Å². The van der Waals surface area contributed by atoms with E-state index in [9.17, 15) is 8.78 Å². The number of nitrogens with one attached hydrogen (secondary N) is 1. The average Bonchev–Trinajstić information content (AvgIpc) is 2.48. The van der Waals surface area contributed by atoms with Crippen LogP contribution in [0.25, 0.3) is 0 Å². The van der Waals surface area contributed by atoms with Gasteiger partial charge in [-0.1, -0.05) is 12.1 Å². The van der Waals surface area contributed by atoms with Crippen LogP contribution in [0, 0.1) is 11.6 Å². The number of fused-ring (bicyclic) bond motifs is 1. The molecule has 0 bridgehead atoms. The number of benzene rings is 2. The molecule has 1 aliphatic rings. The Kier molecular flexibility index (Phi) is 3.91. The fourth-order valence-electron chi connectivity index (χ4n) is 2.87. The van der Waals surface area contributed by atoms with Crippen LogP contribution in [0.3, 0.4) is 0 Å². The summed E-state index contributed by atoms with van der Waals surface area (Å²) in [4.78, 5) is 0. The second-order valence-corrected chi connectivity index (χ2v) is 5.81. The average molecular weight is 287 g/mol. The Morgan fingerprint density at radius 1 is 1.10 bits per heavy atom. The highest BCUT2D eigenvalue weighted by molar-refractivity contribution is 5.55. The quantitative estimate of drug-likeness (QED) is 0.876. The van der Waals surface area contributed by atoms with Crippen molar-refractivity contribution >= 4 is 5.69 Å². The fourth-order valence-corrected chi connectivity index (χ4v) is 2.87. The van der Waals surface area contributed by atoms with Crippen molar-refractivity contribution in [2.24, 2.45) is 0 Å². The zero-order valence-electron chi connectivity index (χ0n) is 12.1. The Balaban J connectivity index is 1.72. The summed E-state index contributed by atoms with van der Waals surface area (Å²) in [5.74, 6) is -0.708. The van der Waals surface area contributed by atoms with Gasteiger partial charge in [0.1, 0.15) is 11.6 Å². The first-order valence-corrected chi connectivity index (χ1v) is 7.44. The SMILES string of the molecule is CC1CCc2cc(CCc3cc(F)ccc3F)ccc2N1. The summed E-state index contributed by atoms with van der Waals surface area (Å²) in [5.41, 5.74) is 4.15. The molecule has 21 heavy (non-hydrogen) atoms. The molecule has 0 radical (unpaired) electrons. The van der Waals surface area contributed by atoms with Crippen molar-refractivity contribution in [2.45, 2.75) is 38.6 Å². The van der Waals surface area contributed by atoms with E-state index in [-0.39, 0.29) is 11.6 Å². The molecule has 1 aliphatic heterocycles. The molecule has 0 saturated carbocycles. The summed E-state index contributed by atoms with van der Waals surface area (Å²) in [7, 11) is 0. The molecule has 2 aromatic carbocycles. The Bertz CT molecular complexity index is 652. The molecule has 1 nitrogen and oxygen atoms in total. The Morgan fingerprint density at radius 3 is 2.81 bits per heavy atom. The number of anilines is 1. The maximum absolute atomic E-state index is 13.6. The van der Waals surface area contributed by atoms with Gasteiger partial charge in [-0.05, 0) is 73.6 Å².